The molecule has 20 heavy (non-hydrogen) atoms. The van der Waals surface area contributed by atoms with E-state index in [1.165, 1.54) is 22.4 Å². The molecule has 0 amide bonds. The second-order valence-corrected chi connectivity index (χ2v) is 5.02. The average Bonchev–Trinajstić information content (AvgIpc) is 2.53. The maximum Gasteiger partial charge on any atom is 0.0488 e. The third-order valence-electron chi connectivity index (χ3n) is 3.66. The van der Waals surface area contributed by atoms with Crippen molar-refractivity contribution >= 4 is 5.57 Å². The second-order valence-electron chi connectivity index (χ2n) is 5.02. The lowest BCUT2D eigenvalue weighted by atomic mass is 9.97. The molecule has 0 spiro atoms. The standard InChI is InChI=1S/C19H19N/c1-2-3-7-16-10-12-17(13-11-16)18-8-6-15-20-14-5-4-9-19(18)20/h2-6,8-14H,7,15H2,1H3/b3-2+. The maximum atomic E-state index is 2.28. The summed E-state index contributed by atoms with van der Waals surface area (Å²) in [7, 11) is 0. The van der Waals surface area contributed by atoms with Crippen molar-refractivity contribution in [3.8, 4) is 0 Å². The van der Waals surface area contributed by atoms with E-state index in [4.69, 9.17) is 0 Å². The number of rotatable bonds is 3. The third kappa shape index (κ3) is 2.53. The van der Waals surface area contributed by atoms with Gasteiger partial charge in [0.05, 0.1) is 0 Å². The predicted octanol–water partition coefficient (Wildman–Crippen LogP) is 4.47. The largest absolute Gasteiger partial charge is 0.344 e. The molecule has 0 N–H and O–H groups in total. The van der Waals surface area contributed by atoms with Crippen LogP contribution < -0.4 is 0 Å². The van der Waals surface area contributed by atoms with Crippen molar-refractivity contribution in [2.24, 2.45) is 0 Å². The molecule has 0 unspecified atom stereocenters. The van der Waals surface area contributed by atoms with Gasteiger partial charge in [0.1, 0.15) is 0 Å². The second kappa shape index (κ2) is 5.79. The molecular weight excluding hydrogens is 242 g/mol. The highest BCUT2D eigenvalue weighted by molar-refractivity contribution is 5.79. The minimum Gasteiger partial charge on any atom is -0.344 e. The van der Waals surface area contributed by atoms with Crippen LogP contribution in [-0.4, -0.2) is 11.4 Å². The van der Waals surface area contributed by atoms with Crippen LogP contribution in [0.25, 0.3) is 5.57 Å². The minimum absolute atomic E-state index is 0.957. The summed E-state index contributed by atoms with van der Waals surface area (Å²) in [5, 5.41) is 0. The molecule has 0 aromatic heterocycles. The summed E-state index contributed by atoms with van der Waals surface area (Å²) in [6, 6.07) is 8.89. The van der Waals surface area contributed by atoms with E-state index in [0.29, 0.717) is 0 Å². The van der Waals surface area contributed by atoms with Crippen molar-refractivity contribution in [1.82, 2.24) is 4.90 Å². The summed E-state index contributed by atoms with van der Waals surface area (Å²) < 4.78 is 0. The number of allylic oxidation sites excluding steroid dienone is 7. The molecule has 1 nitrogen and oxygen atoms in total. The van der Waals surface area contributed by atoms with Crippen LogP contribution in [0.5, 0.6) is 0 Å². The number of fused-ring (bicyclic) bond motifs is 1. The van der Waals surface area contributed by atoms with Gasteiger partial charge < -0.3 is 4.90 Å². The molecule has 0 aliphatic carbocycles. The Bertz CT molecular complexity index is 624. The molecule has 100 valence electrons. The zero-order valence-electron chi connectivity index (χ0n) is 11.8. The fourth-order valence-corrected chi connectivity index (χ4v) is 2.57. The van der Waals surface area contributed by atoms with Gasteiger partial charge in [-0.1, -0.05) is 54.6 Å². The summed E-state index contributed by atoms with van der Waals surface area (Å²) in [4.78, 5) is 2.28. The third-order valence-corrected chi connectivity index (χ3v) is 3.66. The smallest absolute Gasteiger partial charge is 0.0488 e. The van der Waals surface area contributed by atoms with Gasteiger partial charge in [0.15, 0.2) is 0 Å². The van der Waals surface area contributed by atoms with Crippen LogP contribution in [0.2, 0.25) is 0 Å². The molecule has 0 atom stereocenters. The Labute approximate surface area is 120 Å². The highest BCUT2D eigenvalue weighted by Gasteiger charge is 2.14. The first kappa shape index (κ1) is 12.7. The van der Waals surface area contributed by atoms with Gasteiger partial charge in [-0.05, 0) is 36.6 Å². The lowest BCUT2D eigenvalue weighted by Gasteiger charge is -2.28. The van der Waals surface area contributed by atoms with Crippen molar-refractivity contribution in [2.45, 2.75) is 13.3 Å². The fraction of sp³-hybridized carbons (Fsp3) is 0.158. The van der Waals surface area contributed by atoms with Crippen LogP contribution in [-0.2, 0) is 6.42 Å². The monoisotopic (exact) mass is 261 g/mol. The molecule has 0 radical (unpaired) electrons. The highest BCUT2D eigenvalue weighted by atomic mass is 15.1. The Morgan fingerprint density at radius 3 is 2.75 bits per heavy atom. The molecule has 1 aromatic rings. The average molecular weight is 261 g/mol. The van der Waals surface area contributed by atoms with Crippen LogP contribution >= 0.6 is 0 Å². The van der Waals surface area contributed by atoms with Crippen LogP contribution in [0.15, 0.2) is 78.7 Å². The number of hydrogen-bond acceptors (Lipinski definition) is 1. The fourth-order valence-electron chi connectivity index (χ4n) is 2.57. The Morgan fingerprint density at radius 2 is 1.95 bits per heavy atom. The number of hydrogen-bond donors (Lipinski definition) is 0. The zero-order valence-corrected chi connectivity index (χ0v) is 11.8. The van der Waals surface area contributed by atoms with Gasteiger partial charge in [-0.25, -0.2) is 0 Å². The lowest BCUT2D eigenvalue weighted by molar-refractivity contribution is 0.527. The summed E-state index contributed by atoms with van der Waals surface area (Å²) in [5.74, 6) is 0. The summed E-state index contributed by atoms with van der Waals surface area (Å²) in [6.07, 6.45) is 18.3. The number of nitrogens with zero attached hydrogens (tertiary/aromatic N) is 1. The molecular formula is C19H19N. The molecule has 0 fully saturated rings. The Kier molecular flexibility index (Phi) is 3.69. The molecule has 0 bridgehead atoms. The first-order chi connectivity index (χ1) is 9.88. The Balaban J connectivity index is 1.92. The van der Waals surface area contributed by atoms with Crippen molar-refractivity contribution in [3.05, 3.63) is 89.8 Å². The zero-order chi connectivity index (χ0) is 13.8. The molecule has 2 aliphatic rings. The van der Waals surface area contributed by atoms with Crippen LogP contribution in [0, 0.1) is 0 Å². The van der Waals surface area contributed by atoms with E-state index >= 15 is 0 Å². The van der Waals surface area contributed by atoms with E-state index in [1.54, 1.807) is 0 Å². The first-order valence-electron chi connectivity index (χ1n) is 7.11. The molecule has 1 aromatic carbocycles. The Hall–Kier alpha value is -2.28. The van der Waals surface area contributed by atoms with E-state index in [0.717, 1.165) is 13.0 Å². The SMILES string of the molecule is C/C=C/Cc1ccc(C2=C3C=CC=CN3CC=C2)cc1. The van der Waals surface area contributed by atoms with Gasteiger partial charge in [0.25, 0.3) is 0 Å². The highest BCUT2D eigenvalue weighted by Crippen LogP contribution is 2.29. The quantitative estimate of drug-likeness (QED) is 0.725. The van der Waals surface area contributed by atoms with Gasteiger partial charge in [-0.15, -0.1) is 0 Å². The number of benzene rings is 1. The summed E-state index contributed by atoms with van der Waals surface area (Å²) in [5.41, 5.74) is 5.23. The van der Waals surface area contributed by atoms with Gasteiger partial charge in [-0.2, -0.15) is 0 Å². The van der Waals surface area contributed by atoms with E-state index < -0.39 is 0 Å². The molecule has 2 heterocycles. The van der Waals surface area contributed by atoms with Crippen molar-refractivity contribution in [3.63, 3.8) is 0 Å². The van der Waals surface area contributed by atoms with E-state index in [9.17, 15) is 0 Å². The topological polar surface area (TPSA) is 3.24 Å². The molecule has 0 saturated carbocycles. The van der Waals surface area contributed by atoms with Gasteiger partial charge in [0.2, 0.25) is 0 Å². The van der Waals surface area contributed by atoms with Gasteiger partial charge in [0, 0.05) is 24.0 Å². The van der Waals surface area contributed by atoms with E-state index in [-0.39, 0.29) is 0 Å². The maximum absolute atomic E-state index is 2.28. The van der Waals surface area contributed by atoms with Crippen molar-refractivity contribution < 1.29 is 0 Å². The minimum atomic E-state index is 0.957. The van der Waals surface area contributed by atoms with Gasteiger partial charge >= 0.3 is 0 Å². The normalized spacial score (nSPS) is 17.1. The van der Waals surface area contributed by atoms with Crippen LogP contribution in [0.1, 0.15) is 18.1 Å². The molecule has 1 heteroatoms. The first-order valence-corrected chi connectivity index (χ1v) is 7.11. The van der Waals surface area contributed by atoms with Crippen LogP contribution in [0.3, 0.4) is 0 Å². The van der Waals surface area contributed by atoms with E-state index in [1.807, 2.05) is 0 Å². The molecule has 0 saturated heterocycles. The Morgan fingerprint density at radius 1 is 1.10 bits per heavy atom. The lowest BCUT2D eigenvalue weighted by Crippen LogP contribution is -2.20. The molecule has 2 aliphatic heterocycles. The summed E-state index contributed by atoms with van der Waals surface area (Å²) in [6.45, 7) is 3.02. The predicted molar refractivity (Wildman–Crippen MR) is 86.0 cm³/mol. The van der Waals surface area contributed by atoms with Crippen molar-refractivity contribution in [2.75, 3.05) is 6.54 Å². The summed E-state index contributed by atoms with van der Waals surface area (Å²) >= 11 is 0. The van der Waals surface area contributed by atoms with Crippen molar-refractivity contribution in [1.29, 1.82) is 0 Å². The van der Waals surface area contributed by atoms with Gasteiger partial charge in [-0.3, -0.25) is 0 Å². The molecule has 3 rings (SSSR count). The van der Waals surface area contributed by atoms with E-state index in [2.05, 4.69) is 84.8 Å². The van der Waals surface area contributed by atoms with Crippen LogP contribution in [0.4, 0.5) is 0 Å².